The fourth-order valence-corrected chi connectivity index (χ4v) is 5.35. The van der Waals surface area contributed by atoms with Crippen molar-refractivity contribution in [1.29, 1.82) is 0 Å². The summed E-state index contributed by atoms with van der Waals surface area (Å²) < 4.78 is 2.09. The number of thioether (sulfide) groups is 1. The summed E-state index contributed by atoms with van der Waals surface area (Å²) in [5, 5.41) is 15.5. The van der Waals surface area contributed by atoms with Crippen molar-refractivity contribution in [2.24, 2.45) is 5.73 Å². The number of rotatable bonds is 8. The first-order valence-corrected chi connectivity index (χ1v) is 12.7. The monoisotopic (exact) mass is 490 g/mol. The molecule has 3 N–H and O–H groups in total. The van der Waals surface area contributed by atoms with Crippen LogP contribution < -0.4 is 11.1 Å². The van der Waals surface area contributed by atoms with Crippen LogP contribution in [0, 0.1) is 0 Å². The summed E-state index contributed by atoms with van der Waals surface area (Å²) in [5.74, 6) is 1.46. The first-order chi connectivity index (χ1) is 16.5. The largest absolute Gasteiger partial charge is 0.366 e. The molecule has 10 heteroatoms. The van der Waals surface area contributed by atoms with Gasteiger partial charge in [-0.1, -0.05) is 30.0 Å². The molecule has 2 aromatic carbocycles. The average molecular weight is 491 g/mol. The van der Waals surface area contributed by atoms with Crippen LogP contribution in [0.3, 0.4) is 0 Å². The van der Waals surface area contributed by atoms with Crippen molar-refractivity contribution < 1.29 is 9.59 Å². The summed E-state index contributed by atoms with van der Waals surface area (Å²) in [4.78, 5) is 27.5. The van der Waals surface area contributed by atoms with Crippen LogP contribution in [0.25, 0.3) is 16.3 Å². The predicted octanol–water partition coefficient (Wildman–Crippen LogP) is 4.62. The molecular formula is C24H22N6O2S2. The molecular weight excluding hydrogens is 468 g/mol. The van der Waals surface area contributed by atoms with E-state index in [1.165, 1.54) is 6.92 Å². The van der Waals surface area contributed by atoms with E-state index in [1.54, 1.807) is 35.2 Å². The lowest BCUT2D eigenvalue weighted by Crippen LogP contribution is -2.10. The highest BCUT2D eigenvalue weighted by molar-refractivity contribution is 7.98. The van der Waals surface area contributed by atoms with Gasteiger partial charge in [0.1, 0.15) is 10.8 Å². The van der Waals surface area contributed by atoms with Crippen molar-refractivity contribution in [3.05, 3.63) is 71.0 Å². The van der Waals surface area contributed by atoms with Crippen molar-refractivity contribution >= 4 is 40.6 Å². The Hall–Kier alpha value is -3.50. The highest BCUT2D eigenvalue weighted by Gasteiger charge is 2.31. The maximum atomic E-state index is 11.5. The van der Waals surface area contributed by atoms with Gasteiger partial charge in [-0.15, -0.1) is 21.5 Å². The molecule has 2 heterocycles. The Morgan fingerprint density at radius 1 is 1.18 bits per heavy atom. The molecule has 172 valence electrons. The lowest BCUT2D eigenvalue weighted by atomic mass is 10.1. The van der Waals surface area contributed by atoms with Crippen LogP contribution in [-0.4, -0.2) is 31.6 Å². The summed E-state index contributed by atoms with van der Waals surface area (Å²) >= 11 is 3.14. The maximum absolute atomic E-state index is 11.5. The molecule has 34 heavy (non-hydrogen) atoms. The van der Waals surface area contributed by atoms with E-state index < -0.39 is 5.91 Å². The van der Waals surface area contributed by atoms with E-state index in [-0.39, 0.29) is 5.91 Å². The van der Waals surface area contributed by atoms with Crippen LogP contribution in [-0.2, 0) is 10.5 Å². The maximum Gasteiger partial charge on any atom is 0.248 e. The lowest BCUT2D eigenvalue weighted by Gasteiger charge is -2.11. The Morgan fingerprint density at radius 3 is 2.68 bits per heavy atom. The van der Waals surface area contributed by atoms with Gasteiger partial charge >= 0.3 is 0 Å². The van der Waals surface area contributed by atoms with Crippen molar-refractivity contribution in [2.45, 2.75) is 36.6 Å². The first kappa shape index (κ1) is 22.3. The second-order valence-corrected chi connectivity index (χ2v) is 9.86. The molecule has 0 saturated heterocycles. The van der Waals surface area contributed by atoms with E-state index in [4.69, 9.17) is 10.7 Å². The van der Waals surface area contributed by atoms with Crippen LogP contribution in [0.4, 0.5) is 5.69 Å². The van der Waals surface area contributed by atoms with Crippen LogP contribution in [0.2, 0.25) is 0 Å². The number of nitrogens with zero attached hydrogens (tertiary/aromatic N) is 4. The fraction of sp³-hybridized carbons (Fsp3) is 0.208. The summed E-state index contributed by atoms with van der Waals surface area (Å²) in [6, 6.07) is 14.9. The van der Waals surface area contributed by atoms with E-state index in [1.807, 2.05) is 41.8 Å². The van der Waals surface area contributed by atoms with Crippen LogP contribution in [0.15, 0.2) is 59.1 Å². The van der Waals surface area contributed by atoms with Gasteiger partial charge in [0.05, 0.1) is 11.4 Å². The third-order valence-corrected chi connectivity index (χ3v) is 7.25. The molecule has 1 aliphatic carbocycles. The van der Waals surface area contributed by atoms with Gasteiger partial charge in [-0.25, -0.2) is 4.98 Å². The lowest BCUT2D eigenvalue weighted by molar-refractivity contribution is -0.114. The molecule has 1 fully saturated rings. The van der Waals surface area contributed by atoms with Crippen LogP contribution >= 0.6 is 23.1 Å². The van der Waals surface area contributed by atoms with E-state index >= 15 is 0 Å². The minimum Gasteiger partial charge on any atom is -0.366 e. The Balaban J connectivity index is 1.36. The zero-order valence-electron chi connectivity index (χ0n) is 18.4. The zero-order valence-corrected chi connectivity index (χ0v) is 20.0. The van der Waals surface area contributed by atoms with Crippen molar-refractivity contribution in [2.75, 3.05) is 5.32 Å². The molecule has 0 atom stereocenters. The number of carbonyl (C=O) groups is 2. The first-order valence-electron chi connectivity index (χ1n) is 10.8. The van der Waals surface area contributed by atoms with E-state index in [0.29, 0.717) is 17.2 Å². The summed E-state index contributed by atoms with van der Waals surface area (Å²) in [6.07, 6.45) is 2.22. The number of hydrogen-bond donors (Lipinski definition) is 2. The molecule has 2 aromatic heterocycles. The van der Waals surface area contributed by atoms with Crippen molar-refractivity contribution in [3.8, 4) is 16.3 Å². The van der Waals surface area contributed by atoms with Crippen LogP contribution in [0.5, 0.6) is 0 Å². The topological polar surface area (TPSA) is 116 Å². The molecule has 8 nitrogen and oxygen atoms in total. The van der Waals surface area contributed by atoms with Gasteiger partial charge in [-0.3, -0.25) is 14.2 Å². The minimum atomic E-state index is -0.444. The third kappa shape index (κ3) is 4.87. The molecule has 0 aliphatic heterocycles. The standard InChI is InChI=1S/C24H22N6O2S2/c1-14(31)26-18-3-2-4-20(11-18)30-22(16-7-8-16)28-29-24(30)34-13-19-12-33-23(27-19)17-9-5-15(6-10-17)21(25)32/h2-6,9-12,16H,7-8,13H2,1H3,(H2,25,32)(H,26,31). The van der Waals surface area contributed by atoms with Gasteiger partial charge in [0.25, 0.3) is 0 Å². The number of thiazole rings is 1. The average Bonchev–Trinajstić information content (AvgIpc) is 3.40. The minimum absolute atomic E-state index is 0.110. The SMILES string of the molecule is CC(=O)Nc1cccc(-n2c(SCc3csc(-c4ccc(C(N)=O)cc4)n3)nnc2C2CC2)c1. The number of carbonyl (C=O) groups excluding carboxylic acids is 2. The number of nitrogens with one attached hydrogen (secondary N) is 1. The van der Waals surface area contributed by atoms with Crippen LogP contribution in [0.1, 0.15) is 47.6 Å². The summed E-state index contributed by atoms with van der Waals surface area (Å²) in [5.41, 5.74) is 9.35. The van der Waals surface area contributed by atoms with E-state index in [9.17, 15) is 9.59 Å². The van der Waals surface area contributed by atoms with Gasteiger partial charge in [-0.2, -0.15) is 0 Å². The predicted molar refractivity (Wildman–Crippen MR) is 133 cm³/mol. The second-order valence-electron chi connectivity index (χ2n) is 8.06. The van der Waals surface area contributed by atoms with E-state index in [2.05, 4.69) is 20.1 Å². The number of primary amides is 1. The third-order valence-electron chi connectivity index (χ3n) is 5.34. The molecule has 0 unspecified atom stereocenters. The number of nitrogens with two attached hydrogens (primary N) is 1. The van der Waals surface area contributed by atoms with Gasteiger partial charge in [-0.05, 0) is 43.2 Å². The highest BCUT2D eigenvalue weighted by atomic mass is 32.2. The van der Waals surface area contributed by atoms with E-state index in [0.717, 1.165) is 51.5 Å². The van der Waals surface area contributed by atoms with Gasteiger partial charge in [0.15, 0.2) is 5.16 Å². The van der Waals surface area contributed by atoms with Crippen molar-refractivity contribution in [3.63, 3.8) is 0 Å². The van der Waals surface area contributed by atoms with Gasteiger partial charge < -0.3 is 11.1 Å². The quantitative estimate of drug-likeness (QED) is 0.348. The Bertz CT molecular complexity index is 1360. The molecule has 4 aromatic rings. The zero-order chi connectivity index (χ0) is 23.7. The Kier molecular flexibility index (Phi) is 6.16. The summed E-state index contributed by atoms with van der Waals surface area (Å²) in [7, 11) is 0. The molecule has 5 rings (SSSR count). The smallest absolute Gasteiger partial charge is 0.248 e. The second kappa shape index (κ2) is 9.40. The molecule has 0 bridgehead atoms. The number of amides is 2. The highest BCUT2D eigenvalue weighted by Crippen LogP contribution is 2.41. The molecule has 2 amide bonds. The number of aromatic nitrogens is 4. The molecule has 1 saturated carbocycles. The molecule has 1 aliphatic rings. The van der Waals surface area contributed by atoms with Gasteiger partial charge in [0, 0.05) is 40.8 Å². The van der Waals surface area contributed by atoms with Crippen molar-refractivity contribution in [1.82, 2.24) is 19.7 Å². The Morgan fingerprint density at radius 2 is 1.97 bits per heavy atom. The normalized spacial score (nSPS) is 13.1. The fourth-order valence-electron chi connectivity index (χ4n) is 3.57. The molecule has 0 spiro atoms. The molecule has 0 radical (unpaired) electrons. The summed E-state index contributed by atoms with van der Waals surface area (Å²) in [6.45, 7) is 1.50. The number of anilines is 1. The number of benzene rings is 2. The van der Waals surface area contributed by atoms with Gasteiger partial charge in [0.2, 0.25) is 11.8 Å². The Labute approximate surface area is 204 Å². The number of hydrogen-bond acceptors (Lipinski definition) is 7.